The van der Waals surface area contributed by atoms with Gasteiger partial charge < -0.3 is 9.84 Å². The Bertz CT molecular complexity index is 602. The highest BCUT2D eigenvalue weighted by molar-refractivity contribution is 8.01. The molecule has 2 aromatic heterocycles. The van der Waals surface area contributed by atoms with Gasteiger partial charge in [-0.1, -0.05) is 55.1 Å². The molecule has 114 valence electrons. The summed E-state index contributed by atoms with van der Waals surface area (Å²) in [4.78, 5) is 4.46. The van der Waals surface area contributed by atoms with Crippen LogP contribution in [0.1, 0.15) is 44.7 Å². The van der Waals surface area contributed by atoms with Crippen LogP contribution in [0, 0.1) is 0 Å². The first-order valence-corrected chi connectivity index (χ1v) is 8.29. The first kappa shape index (κ1) is 16.0. The molecule has 6 nitrogen and oxygen atoms in total. The molecule has 2 heterocycles. The maximum atomic E-state index is 5.34. The van der Waals surface area contributed by atoms with E-state index in [2.05, 4.69) is 53.0 Å². The first-order chi connectivity index (χ1) is 9.90. The molecule has 0 aliphatic carbocycles. The lowest BCUT2D eigenvalue weighted by molar-refractivity contribution is 0.364. The molecule has 0 aliphatic rings. The number of hydrogen-bond acceptors (Lipinski definition) is 8. The molecule has 1 N–H and O–H groups in total. The predicted octanol–water partition coefficient (Wildman–Crippen LogP) is 3.67. The minimum absolute atomic E-state index is 0.0359. The fourth-order valence-corrected chi connectivity index (χ4v) is 3.33. The Labute approximate surface area is 132 Å². The van der Waals surface area contributed by atoms with Gasteiger partial charge in [-0.05, 0) is 6.92 Å². The second-order valence-electron chi connectivity index (χ2n) is 5.51. The summed E-state index contributed by atoms with van der Waals surface area (Å²) in [6.07, 6.45) is 1.78. The smallest absolute Gasteiger partial charge is 0.239 e. The molecule has 0 fully saturated rings. The average molecular weight is 325 g/mol. The van der Waals surface area contributed by atoms with Crippen molar-refractivity contribution in [2.24, 2.45) is 0 Å². The molecule has 0 radical (unpaired) electrons. The van der Waals surface area contributed by atoms with Gasteiger partial charge in [0, 0.05) is 12.0 Å². The Kier molecular flexibility index (Phi) is 5.00. The van der Waals surface area contributed by atoms with Gasteiger partial charge in [0.05, 0.1) is 5.25 Å². The van der Waals surface area contributed by atoms with Gasteiger partial charge in [0.1, 0.15) is 0 Å². The largest absolute Gasteiger partial charge is 0.357 e. The van der Waals surface area contributed by atoms with Crippen LogP contribution in [0.5, 0.6) is 0 Å². The highest BCUT2D eigenvalue weighted by Gasteiger charge is 2.24. The van der Waals surface area contributed by atoms with Gasteiger partial charge in [-0.15, -0.1) is 16.8 Å². The molecule has 0 amide bonds. The highest BCUT2D eigenvalue weighted by Crippen LogP contribution is 2.37. The van der Waals surface area contributed by atoms with Gasteiger partial charge in [-0.3, -0.25) is 0 Å². The summed E-state index contributed by atoms with van der Waals surface area (Å²) in [6, 6.07) is 0. The summed E-state index contributed by atoms with van der Waals surface area (Å²) in [7, 11) is 0. The molecular formula is C13H19N5OS2. The Morgan fingerprint density at radius 1 is 1.43 bits per heavy atom. The van der Waals surface area contributed by atoms with Crippen LogP contribution in [-0.4, -0.2) is 26.9 Å². The second-order valence-corrected chi connectivity index (χ2v) is 8.07. The Morgan fingerprint density at radius 2 is 2.19 bits per heavy atom. The Balaban J connectivity index is 2.00. The van der Waals surface area contributed by atoms with Gasteiger partial charge in [0.25, 0.3) is 0 Å². The van der Waals surface area contributed by atoms with Crippen molar-refractivity contribution in [2.75, 3.05) is 11.9 Å². The number of hydrogen-bond donors (Lipinski definition) is 1. The molecule has 0 aromatic carbocycles. The maximum Gasteiger partial charge on any atom is 0.239 e. The van der Waals surface area contributed by atoms with Crippen LogP contribution in [0.15, 0.2) is 21.5 Å². The number of anilines is 1. The SMILES string of the molecule is C=CCNc1nnc(SC(C)c2nc(C(C)(C)C)no2)s1. The topological polar surface area (TPSA) is 76.7 Å². The molecular weight excluding hydrogens is 306 g/mol. The summed E-state index contributed by atoms with van der Waals surface area (Å²) >= 11 is 3.06. The van der Waals surface area contributed by atoms with E-state index in [4.69, 9.17) is 4.52 Å². The number of aromatic nitrogens is 4. The maximum absolute atomic E-state index is 5.34. The van der Waals surface area contributed by atoms with Crippen molar-refractivity contribution in [3.63, 3.8) is 0 Å². The van der Waals surface area contributed by atoms with Crippen LogP contribution in [0.25, 0.3) is 0 Å². The number of rotatable bonds is 6. The van der Waals surface area contributed by atoms with Crippen molar-refractivity contribution >= 4 is 28.2 Å². The lowest BCUT2D eigenvalue weighted by atomic mass is 9.96. The molecule has 21 heavy (non-hydrogen) atoms. The molecule has 0 aliphatic heterocycles. The predicted molar refractivity (Wildman–Crippen MR) is 85.9 cm³/mol. The van der Waals surface area contributed by atoms with Crippen LogP contribution < -0.4 is 5.32 Å². The third-order valence-corrected chi connectivity index (χ3v) is 4.59. The van der Waals surface area contributed by atoms with Crippen molar-refractivity contribution < 1.29 is 4.52 Å². The van der Waals surface area contributed by atoms with Crippen LogP contribution in [0.4, 0.5) is 5.13 Å². The molecule has 0 spiro atoms. The van der Waals surface area contributed by atoms with Crippen molar-refractivity contribution in [3.8, 4) is 0 Å². The monoisotopic (exact) mass is 325 g/mol. The number of nitrogens with one attached hydrogen (secondary N) is 1. The quantitative estimate of drug-likeness (QED) is 0.641. The number of thioether (sulfide) groups is 1. The van der Waals surface area contributed by atoms with Crippen molar-refractivity contribution in [1.82, 2.24) is 20.3 Å². The van der Waals surface area contributed by atoms with E-state index < -0.39 is 0 Å². The van der Waals surface area contributed by atoms with Crippen LogP contribution in [-0.2, 0) is 5.41 Å². The summed E-state index contributed by atoms with van der Waals surface area (Å²) in [6.45, 7) is 12.5. The summed E-state index contributed by atoms with van der Waals surface area (Å²) in [5, 5.41) is 16.2. The van der Waals surface area contributed by atoms with E-state index >= 15 is 0 Å². The normalized spacial score (nSPS) is 13.1. The third-order valence-electron chi connectivity index (χ3n) is 2.54. The Hall–Kier alpha value is -1.41. The van der Waals surface area contributed by atoms with E-state index in [1.54, 1.807) is 17.8 Å². The summed E-state index contributed by atoms with van der Waals surface area (Å²) in [5.74, 6) is 1.33. The average Bonchev–Trinajstić information content (AvgIpc) is 3.04. The summed E-state index contributed by atoms with van der Waals surface area (Å²) < 4.78 is 6.21. The molecule has 8 heteroatoms. The standard InChI is InChI=1S/C13H19N5OS2/c1-6-7-14-11-16-17-12(21-11)20-8(2)9-15-10(18-19-9)13(3,4)5/h6,8H,1,7H2,2-5H3,(H,14,16). The highest BCUT2D eigenvalue weighted by atomic mass is 32.2. The first-order valence-electron chi connectivity index (χ1n) is 6.59. The number of nitrogens with zero attached hydrogens (tertiary/aromatic N) is 4. The van der Waals surface area contributed by atoms with Crippen LogP contribution >= 0.6 is 23.1 Å². The van der Waals surface area contributed by atoms with Gasteiger partial charge >= 0.3 is 0 Å². The van der Waals surface area contributed by atoms with Crippen LogP contribution in [0.3, 0.4) is 0 Å². The Morgan fingerprint density at radius 3 is 2.81 bits per heavy atom. The third kappa shape index (κ3) is 4.28. The van der Waals surface area contributed by atoms with Gasteiger partial charge in [-0.2, -0.15) is 4.98 Å². The van der Waals surface area contributed by atoms with E-state index in [-0.39, 0.29) is 10.7 Å². The van der Waals surface area contributed by atoms with Gasteiger partial charge in [0.2, 0.25) is 11.0 Å². The molecule has 2 rings (SSSR count). The van der Waals surface area contributed by atoms with E-state index in [1.807, 2.05) is 6.92 Å². The minimum Gasteiger partial charge on any atom is -0.357 e. The minimum atomic E-state index is -0.114. The second kappa shape index (κ2) is 6.57. The zero-order chi connectivity index (χ0) is 15.5. The molecule has 0 saturated carbocycles. The fraction of sp³-hybridized carbons (Fsp3) is 0.538. The molecule has 0 saturated heterocycles. The van der Waals surface area contributed by atoms with Crippen molar-refractivity contribution in [2.45, 2.75) is 42.7 Å². The molecule has 2 aromatic rings. The van der Waals surface area contributed by atoms with Crippen molar-refractivity contribution in [3.05, 3.63) is 24.4 Å². The molecule has 1 unspecified atom stereocenters. The summed E-state index contributed by atoms with van der Waals surface area (Å²) in [5.41, 5.74) is -0.114. The zero-order valence-corrected chi connectivity index (χ0v) is 14.2. The van der Waals surface area contributed by atoms with Gasteiger partial charge in [-0.25, -0.2) is 0 Å². The fourth-order valence-electron chi connectivity index (χ4n) is 1.39. The van der Waals surface area contributed by atoms with E-state index in [0.29, 0.717) is 12.4 Å². The van der Waals surface area contributed by atoms with E-state index in [9.17, 15) is 0 Å². The van der Waals surface area contributed by atoms with E-state index in [1.165, 1.54) is 11.3 Å². The van der Waals surface area contributed by atoms with E-state index in [0.717, 1.165) is 15.3 Å². The van der Waals surface area contributed by atoms with Gasteiger partial charge in [0.15, 0.2) is 10.2 Å². The molecule has 0 bridgehead atoms. The zero-order valence-electron chi connectivity index (χ0n) is 12.6. The lowest BCUT2D eigenvalue weighted by Gasteiger charge is -2.11. The lowest BCUT2D eigenvalue weighted by Crippen LogP contribution is -2.13. The van der Waals surface area contributed by atoms with Crippen molar-refractivity contribution in [1.29, 1.82) is 0 Å². The molecule has 1 atom stereocenters. The van der Waals surface area contributed by atoms with Crippen LogP contribution in [0.2, 0.25) is 0 Å².